The zero-order valence-electron chi connectivity index (χ0n) is 13.5. The first-order chi connectivity index (χ1) is 11.0. The Bertz CT molecular complexity index is 510. The van der Waals surface area contributed by atoms with Gasteiger partial charge in [-0.3, -0.25) is 14.9 Å². The summed E-state index contributed by atoms with van der Waals surface area (Å²) in [5.74, 6) is -0.140. The molecule has 0 saturated carbocycles. The number of nitro benzene ring substituents is 1. The molecule has 128 valence electrons. The molecule has 0 spiro atoms. The zero-order chi connectivity index (χ0) is 17.3. The Morgan fingerprint density at radius 3 is 2.22 bits per heavy atom. The van der Waals surface area contributed by atoms with Crippen LogP contribution in [0.25, 0.3) is 0 Å². The Kier molecular flexibility index (Phi) is 7.82. The van der Waals surface area contributed by atoms with Crippen molar-refractivity contribution in [1.29, 1.82) is 0 Å². The average molecular weight is 342 g/mol. The van der Waals surface area contributed by atoms with Gasteiger partial charge in [0, 0.05) is 46.1 Å². The molecule has 1 amide bonds. The Labute approximate surface area is 136 Å². The number of amides is 1. The largest absolute Gasteiger partial charge is 0.500 e. The van der Waals surface area contributed by atoms with Gasteiger partial charge in [0.05, 0.1) is 11.3 Å². The van der Waals surface area contributed by atoms with E-state index in [4.69, 9.17) is 13.3 Å². The lowest BCUT2D eigenvalue weighted by Gasteiger charge is -2.24. The van der Waals surface area contributed by atoms with Crippen LogP contribution in [0.1, 0.15) is 12.0 Å². The predicted octanol–water partition coefficient (Wildman–Crippen LogP) is 1.52. The van der Waals surface area contributed by atoms with Gasteiger partial charge in [-0.05, 0) is 12.0 Å². The number of rotatable bonds is 10. The van der Waals surface area contributed by atoms with Gasteiger partial charge in [0.1, 0.15) is 0 Å². The summed E-state index contributed by atoms with van der Waals surface area (Å²) in [4.78, 5) is 21.9. The number of hydrogen-bond acceptors (Lipinski definition) is 6. The molecule has 1 aromatic carbocycles. The van der Waals surface area contributed by atoms with Gasteiger partial charge in [0.15, 0.2) is 0 Å². The number of nitrogens with one attached hydrogen (secondary N) is 1. The average Bonchev–Trinajstić information content (AvgIpc) is 2.56. The highest BCUT2D eigenvalue weighted by Gasteiger charge is 2.36. The molecule has 1 aromatic rings. The molecule has 0 aliphatic heterocycles. The monoisotopic (exact) mass is 342 g/mol. The van der Waals surface area contributed by atoms with Gasteiger partial charge in [-0.25, -0.2) is 0 Å². The molecule has 0 aromatic heterocycles. The fraction of sp³-hybridized carbons (Fsp3) is 0.500. The van der Waals surface area contributed by atoms with Crippen molar-refractivity contribution in [3.63, 3.8) is 0 Å². The SMILES string of the molecule is CO[Si](CCCNC(=O)Cc1ccc([N+](=O)[O-])cc1)(OC)OC. The number of carbonyl (C=O) groups excluding carboxylic acids is 1. The van der Waals surface area contributed by atoms with E-state index in [2.05, 4.69) is 5.32 Å². The van der Waals surface area contributed by atoms with Crippen molar-refractivity contribution in [3.8, 4) is 0 Å². The van der Waals surface area contributed by atoms with E-state index in [1.165, 1.54) is 12.1 Å². The first kappa shape index (κ1) is 19.2. The summed E-state index contributed by atoms with van der Waals surface area (Å²) >= 11 is 0. The molecule has 0 aliphatic carbocycles. The molecule has 0 saturated heterocycles. The van der Waals surface area contributed by atoms with Gasteiger partial charge < -0.3 is 18.6 Å². The number of nitro groups is 1. The van der Waals surface area contributed by atoms with E-state index in [-0.39, 0.29) is 18.0 Å². The van der Waals surface area contributed by atoms with Gasteiger partial charge in [-0.15, -0.1) is 0 Å². The predicted molar refractivity (Wildman–Crippen MR) is 86.0 cm³/mol. The van der Waals surface area contributed by atoms with Gasteiger partial charge in [-0.1, -0.05) is 12.1 Å². The zero-order valence-corrected chi connectivity index (χ0v) is 14.5. The van der Waals surface area contributed by atoms with Gasteiger partial charge >= 0.3 is 8.80 Å². The highest BCUT2D eigenvalue weighted by atomic mass is 28.4. The number of benzene rings is 1. The van der Waals surface area contributed by atoms with Crippen LogP contribution in [-0.2, 0) is 24.5 Å². The minimum absolute atomic E-state index is 0.00848. The van der Waals surface area contributed by atoms with Crippen molar-refractivity contribution < 1.29 is 23.0 Å². The maximum Gasteiger partial charge on any atom is 0.500 e. The van der Waals surface area contributed by atoms with Crippen molar-refractivity contribution in [2.45, 2.75) is 18.9 Å². The molecule has 0 aliphatic rings. The van der Waals surface area contributed by atoms with E-state index in [0.717, 1.165) is 5.56 Å². The Morgan fingerprint density at radius 1 is 1.17 bits per heavy atom. The second-order valence-electron chi connectivity index (χ2n) is 4.85. The highest BCUT2D eigenvalue weighted by Crippen LogP contribution is 2.14. The molecule has 8 nitrogen and oxygen atoms in total. The van der Waals surface area contributed by atoms with Crippen LogP contribution in [-0.4, -0.2) is 47.5 Å². The molecule has 0 unspecified atom stereocenters. The normalized spacial score (nSPS) is 11.3. The lowest BCUT2D eigenvalue weighted by atomic mass is 10.1. The van der Waals surface area contributed by atoms with E-state index in [0.29, 0.717) is 19.0 Å². The lowest BCUT2D eigenvalue weighted by molar-refractivity contribution is -0.384. The van der Waals surface area contributed by atoms with Gasteiger partial charge in [0.25, 0.3) is 5.69 Å². The molecule has 9 heteroatoms. The van der Waals surface area contributed by atoms with Crippen LogP contribution >= 0.6 is 0 Å². The quantitative estimate of drug-likeness (QED) is 0.299. The highest BCUT2D eigenvalue weighted by molar-refractivity contribution is 6.60. The lowest BCUT2D eigenvalue weighted by Crippen LogP contribution is -2.43. The van der Waals surface area contributed by atoms with Crippen LogP contribution in [0.3, 0.4) is 0 Å². The first-order valence-corrected chi connectivity index (χ1v) is 9.05. The van der Waals surface area contributed by atoms with Crippen molar-refractivity contribution in [2.75, 3.05) is 27.9 Å². The summed E-state index contributed by atoms with van der Waals surface area (Å²) in [5, 5.41) is 13.4. The Hall–Kier alpha value is -1.81. The van der Waals surface area contributed by atoms with E-state index in [9.17, 15) is 14.9 Å². The number of hydrogen-bond donors (Lipinski definition) is 1. The number of non-ortho nitro benzene ring substituents is 1. The van der Waals surface area contributed by atoms with Crippen molar-refractivity contribution in [2.24, 2.45) is 0 Å². The van der Waals surface area contributed by atoms with Crippen LogP contribution in [0.15, 0.2) is 24.3 Å². The standard InChI is InChI=1S/C14H22N2O6Si/c1-20-23(21-2,22-3)10-4-9-15-14(17)11-12-5-7-13(8-6-12)16(18)19/h5-8H,4,9-11H2,1-3H3,(H,15,17). The van der Waals surface area contributed by atoms with Crippen LogP contribution in [0.2, 0.25) is 6.04 Å². The van der Waals surface area contributed by atoms with E-state index in [1.54, 1.807) is 33.5 Å². The van der Waals surface area contributed by atoms with Crippen molar-refractivity contribution >= 4 is 20.4 Å². The van der Waals surface area contributed by atoms with Crippen LogP contribution < -0.4 is 5.32 Å². The smallest absolute Gasteiger partial charge is 0.377 e. The molecular weight excluding hydrogens is 320 g/mol. The molecule has 0 radical (unpaired) electrons. The molecule has 0 heterocycles. The summed E-state index contributed by atoms with van der Waals surface area (Å²) in [6, 6.07) is 6.54. The third-order valence-electron chi connectivity index (χ3n) is 3.43. The minimum atomic E-state index is -2.60. The number of carbonyl (C=O) groups is 1. The molecule has 1 N–H and O–H groups in total. The van der Waals surface area contributed by atoms with E-state index in [1.807, 2.05) is 0 Å². The van der Waals surface area contributed by atoms with Crippen molar-refractivity contribution in [3.05, 3.63) is 39.9 Å². The Balaban J connectivity index is 2.36. The van der Waals surface area contributed by atoms with Gasteiger partial charge in [0.2, 0.25) is 5.91 Å². The second-order valence-corrected chi connectivity index (χ2v) is 7.94. The van der Waals surface area contributed by atoms with Gasteiger partial charge in [-0.2, -0.15) is 0 Å². The summed E-state index contributed by atoms with van der Waals surface area (Å²) in [6.07, 6.45) is 0.854. The molecule has 1 rings (SSSR count). The van der Waals surface area contributed by atoms with E-state index >= 15 is 0 Å². The first-order valence-electron chi connectivity index (χ1n) is 7.12. The second kappa shape index (κ2) is 9.35. The molecule has 23 heavy (non-hydrogen) atoms. The van der Waals surface area contributed by atoms with Crippen LogP contribution in [0, 0.1) is 10.1 Å². The maximum absolute atomic E-state index is 11.8. The topological polar surface area (TPSA) is 99.9 Å². The van der Waals surface area contributed by atoms with Crippen LogP contribution in [0.5, 0.6) is 0 Å². The summed E-state index contributed by atoms with van der Waals surface area (Å²) in [5.41, 5.74) is 0.733. The molecule has 0 fully saturated rings. The Morgan fingerprint density at radius 2 is 1.74 bits per heavy atom. The number of nitrogens with zero attached hydrogens (tertiary/aromatic N) is 1. The van der Waals surface area contributed by atoms with Crippen molar-refractivity contribution in [1.82, 2.24) is 5.32 Å². The molecule has 0 atom stereocenters. The fourth-order valence-corrected chi connectivity index (χ4v) is 3.79. The van der Waals surface area contributed by atoms with Crippen LogP contribution in [0.4, 0.5) is 5.69 Å². The van der Waals surface area contributed by atoms with E-state index < -0.39 is 13.7 Å². The summed E-state index contributed by atoms with van der Waals surface area (Å²) < 4.78 is 15.9. The molecule has 0 bridgehead atoms. The summed E-state index contributed by atoms with van der Waals surface area (Å²) in [6.45, 7) is 0.483. The fourth-order valence-electron chi connectivity index (χ4n) is 2.07. The third kappa shape index (κ3) is 6.06. The third-order valence-corrected chi connectivity index (χ3v) is 6.26. The maximum atomic E-state index is 11.8. The molecular formula is C14H22N2O6Si. The minimum Gasteiger partial charge on any atom is -0.377 e. The summed E-state index contributed by atoms with van der Waals surface area (Å²) in [7, 11) is 2.05.